The van der Waals surface area contributed by atoms with E-state index in [0.29, 0.717) is 5.92 Å². The van der Waals surface area contributed by atoms with Gasteiger partial charge in [0.15, 0.2) is 0 Å². The highest BCUT2D eigenvalue weighted by Gasteiger charge is 2.44. The van der Waals surface area contributed by atoms with Gasteiger partial charge in [-0.25, -0.2) is 0 Å². The summed E-state index contributed by atoms with van der Waals surface area (Å²) in [6.07, 6.45) is 0.734. The second-order valence-electron chi connectivity index (χ2n) is 2.21. The Morgan fingerprint density at radius 2 is 2.00 bits per heavy atom. The molecule has 0 aromatic rings. The van der Waals surface area contributed by atoms with Crippen molar-refractivity contribution >= 4 is 7.27 Å². The van der Waals surface area contributed by atoms with Gasteiger partial charge in [-0.2, -0.15) is 0 Å². The van der Waals surface area contributed by atoms with E-state index in [2.05, 4.69) is 0 Å². The Morgan fingerprint density at radius 3 is 2.00 bits per heavy atom. The lowest BCUT2D eigenvalue weighted by Gasteiger charge is -1.81. The van der Waals surface area contributed by atoms with Crippen LogP contribution >= 0.6 is 0 Å². The van der Waals surface area contributed by atoms with Gasteiger partial charge in [-0.05, 0) is 12.3 Å². The summed E-state index contributed by atoms with van der Waals surface area (Å²) < 4.78 is 22.9. The highest BCUT2D eigenvalue weighted by Crippen LogP contribution is 2.47. The quantitative estimate of drug-likeness (QED) is 0.445. The Morgan fingerprint density at radius 1 is 1.57 bits per heavy atom. The first-order valence-electron chi connectivity index (χ1n) is 2.50. The van der Waals surface area contributed by atoms with Crippen LogP contribution in [0, 0.1) is 5.92 Å². The van der Waals surface area contributed by atoms with Crippen molar-refractivity contribution in [1.29, 1.82) is 0 Å². The minimum atomic E-state index is -2.06. The Labute approximate surface area is 42.1 Å². The second kappa shape index (κ2) is 1.46. The molecule has 0 saturated heterocycles. The molecular weight excluding hydrogens is 96.9 g/mol. The lowest BCUT2D eigenvalue weighted by atomic mass is 9.89. The van der Waals surface area contributed by atoms with Crippen LogP contribution in [0.5, 0.6) is 0 Å². The van der Waals surface area contributed by atoms with Crippen LogP contribution in [0.4, 0.5) is 8.63 Å². The van der Waals surface area contributed by atoms with Gasteiger partial charge in [-0.1, -0.05) is 6.92 Å². The Hall–Kier alpha value is -0.0751. The van der Waals surface area contributed by atoms with E-state index in [1.807, 2.05) is 6.92 Å². The molecule has 1 aliphatic rings. The van der Waals surface area contributed by atoms with E-state index in [1.165, 1.54) is 0 Å². The molecule has 0 radical (unpaired) electrons. The topological polar surface area (TPSA) is 0 Å². The molecule has 0 unspecified atom stereocenters. The zero-order chi connectivity index (χ0) is 5.44. The van der Waals surface area contributed by atoms with E-state index in [9.17, 15) is 8.63 Å². The smallest absolute Gasteiger partial charge is 0.287 e. The highest BCUT2D eigenvalue weighted by atomic mass is 19.2. The molecule has 3 heteroatoms. The van der Waals surface area contributed by atoms with Crippen molar-refractivity contribution in [2.75, 3.05) is 0 Å². The van der Waals surface area contributed by atoms with Gasteiger partial charge in [-0.15, -0.1) is 0 Å². The average Bonchev–Trinajstić information content (AvgIpc) is 2.17. The Kier molecular flexibility index (Phi) is 1.06. The lowest BCUT2D eigenvalue weighted by Crippen LogP contribution is -1.94. The van der Waals surface area contributed by atoms with E-state index in [0.717, 1.165) is 6.42 Å². The van der Waals surface area contributed by atoms with E-state index < -0.39 is 7.27 Å². The number of hydrogen-bond acceptors (Lipinski definition) is 0. The van der Waals surface area contributed by atoms with Gasteiger partial charge in [0, 0.05) is 5.82 Å². The minimum Gasteiger partial charge on any atom is -0.287 e. The summed E-state index contributed by atoms with van der Waals surface area (Å²) in [5, 5.41) is 0. The first kappa shape index (κ1) is 5.07. The van der Waals surface area contributed by atoms with Crippen molar-refractivity contribution in [2.24, 2.45) is 5.92 Å². The second-order valence-corrected chi connectivity index (χ2v) is 2.21. The molecule has 0 heterocycles. The van der Waals surface area contributed by atoms with Crippen molar-refractivity contribution in [3.05, 3.63) is 0 Å². The predicted molar refractivity (Wildman–Crippen MR) is 25.5 cm³/mol. The molecular formula is C4H7BF2. The van der Waals surface area contributed by atoms with Crippen LogP contribution in [0.2, 0.25) is 5.82 Å². The standard InChI is InChI=1S/C4H7BF2/c1-3-2-4(3)5(6)7/h3-4H,2H2,1H3/t3-,4-/m1/s1. The van der Waals surface area contributed by atoms with Crippen LogP contribution in [0.15, 0.2) is 0 Å². The highest BCUT2D eigenvalue weighted by molar-refractivity contribution is 6.46. The fourth-order valence-electron chi connectivity index (χ4n) is 0.702. The first-order chi connectivity index (χ1) is 3.22. The molecule has 0 N–H and O–H groups in total. The maximum atomic E-state index is 11.5. The van der Waals surface area contributed by atoms with Crippen LogP contribution in [0.1, 0.15) is 13.3 Å². The maximum absolute atomic E-state index is 11.5. The Bertz CT molecular complexity index is 74.1. The third kappa shape index (κ3) is 0.927. The van der Waals surface area contributed by atoms with Crippen molar-refractivity contribution in [3.63, 3.8) is 0 Å². The molecule has 0 spiro atoms. The summed E-state index contributed by atoms with van der Waals surface area (Å²) in [5.74, 6) is 0.0278. The molecule has 0 aromatic heterocycles. The van der Waals surface area contributed by atoms with Gasteiger partial charge in [0.1, 0.15) is 0 Å². The zero-order valence-electron chi connectivity index (χ0n) is 4.20. The summed E-state index contributed by atoms with van der Waals surface area (Å²) >= 11 is 0. The third-order valence-corrected chi connectivity index (χ3v) is 1.50. The summed E-state index contributed by atoms with van der Waals surface area (Å²) in [4.78, 5) is 0. The summed E-state index contributed by atoms with van der Waals surface area (Å²) in [6, 6.07) is 0. The molecule has 0 nitrogen and oxygen atoms in total. The average molecular weight is 104 g/mol. The molecule has 1 aliphatic carbocycles. The molecule has 7 heavy (non-hydrogen) atoms. The van der Waals surface area contributed by atoms with Crippen molar-refractivity contribution < 1.29 is 8.63 Å². The van der Waals surface area contributed by atoms with Gasteiger partial charge < -0.3 is 0 Å². The zero-order valence-corrected chi connectivity index (χ0v) is 4.20. The van der Waals surface area contributed by atoms with Crippen LogP contribution in [-0.4, -0.2) is 7.27 Å². The fraction of sp³-hybridized carbons (Fsp3) is 1.00. The van der Waals surface area contributed by atoms with Crippen molar-refractivity contribution in [2.45, 2.75) is 19.2 Å². The lowest BCUT2D eigenvalue weighted by molar-refractivity contribution is 0.643. The van der Waals surface area contributed by atoms with Crippen molar-refractivity contribution in [1.82, 2.24) is 0 Å². The van der Waals surface area contributed by atoms with Gasteiger partial charge in [0.25, 0.3) is 0 Å². The predicted octanol–water partition coefficient (Wildman–Crippen LogP) is 1.82. The van der Waals surface area contributed by atoms with Gasteiger partial charge in [0.2, 0.25) is 0 Å². The van der Waals surface area contributed by atoms with Gasteiger partial charge in [-0.3, -0.25) is 8.63 Å². The molecule has 0 bridgehead atoms. The van der Waals surface area contributed by atoms with Gasteiger partial charge in [0.05, 0.1) is 0 Å². The number of rotatable bonds is 1. The van der Waals surface area contributed by atoms with Crippen molar-refractivity contribution in [3.8, 4) is 0 Å². The van der Waals surface area contributed by atoms with E-state index >= 15 is 0 Å². The van der Waals surface area contributed by atoms with Crippen LogP contribution in [0.25, 0.3) is 0 Å². The minimum absolute atomic E-state index is 0.264. The Balaban J connectivity index is 2.20. The third-order valence-electron chi connectivity index (χ3n) is 1.50. The maximum Gasteiger partial charge on any atom is 0.541 e. The number of hydrogen-bond donors (Lipinski definition) is 0. The summed E-state index contributed by atoms with van der Waals surface area (Å²) in [6.45, 7) is 1.86. The van der Waals surface area contributed by atoms with Gasteiger partial charge >= 0.3 is 7.27 Å². The van der Waals surface area contributed by atoms with Crippen LogP contribution in [-0.2, 0) is 0 Å². The summed E-state index contributed by atoms with van der Waals surface area (Å²) in [7, 11) is -2.06. The molecule has 0 amide bonds. The molecule has 40 valence electrons. The molecule has 0 aliphatic heterocycles. The van der Waals surface area contributed by atoms with Crippen LogP contribution in [0.3, 0.4) is 0 Å². The first-order valence-corrected chi connectivity index (χ1v) is 2.50. The van der Waals surface area contributed by atoms with Crippen LogP contribution < -0.4 is 0 Å². The van der Waals surface area contributed by atoms with E-state index in [-0.39, 0.29) is 5.82 Å². The molecule has 1 rings (SSSR count). The van der Waals surface area contributed by atoms with E-state index in [4.69, 9.17) is 0 Å². The molecule has 0 aromatic carbocycles. The fourth-order valence-corrected chi connectivity index (χ4v) is 0.702. The SMILES string of the molecule is C[C@@H]1C[C@H]1B(F)F. The van der Waals surface area contributed by atoms with E-state index in [1.54, 1.807) is 0 Å². The summed E-state index contributed by atoms with van der Waals surface area (Å²) in [5.41, 5.74) is 0. The molecule has 1 saturated carbocycles. The normalized spacial score (nSPS) is 38.1. The molecule has 2 atom stereocenters. The number of halogens is 2. The largest absolute Gasteiger partial charge is 0.541 e. The molecule has 1 fully saturated rings. The monoisotopic (exact) mass is 104 g/mol.